The molecule has 2 fully saturated rings. The number of halogens is 1. The average Bonchev–Trinajstić information content (AvgIpc) is 3.43. The van der Waals surface area contributed by atoms with Crippen LogP contribution in [0.15, 0.2) is 6.33 Å². The standard InChI is InChI=1S/C14H22FN6O12P3/c1-20(6-2-3-6)11-9-12(19-14(16)18-11)21(5-17-9)13-8(15)10(22)7(31-13)4-30-35(26,27)33-36(28,29)32-34(23,24)25/h5-8,10,13,22H,2-4H2,1H3,(H,26,27)(H,28,29)(H2,16,18,19)(H2,23,24,25)/t7-,8-,10-,13-/m1/s1. The smallest absolute Gasteiger partial charge is 0.387 e. The molecular formula is C14H22FN6O12P3. The van der Waals surface area contributed by atoms with Crippen LogP contribution in [0.25, 0.3) is 11.2 Å². The van der Waals surface area contributed by atoms with Crippen molar-refractivity contribution < 1.29 is 60.6 Å². The maximum absolute atomic E-state index is 15.0. The summed E-state index contributed by atoms with van der Waals surface area (Å²) in [5, 5.41) is 10.2. The van der Waals surface area contributed by atoms with Crippen molar-refractivity contribution in [3.63, 3.8) is 0 Å². The predicted molar refractivity (Wildman–Crippen MR) is 116 cm³/mol. The summed E-state index contributed by atoms with van der Waals surface area (Å²) in [4.78, 5) is 50.2. The molecule has 1 saturated carbocycles. The highest BCUT2D eigenvalue weighted by Gasteiger charge is 2.48. The minimum Gasteiger partial charge on any atom is -0.387 e. The van der Waals surface area contributed by atoms with E-state index in [0.29, 0.717) is 11.3 Å². The lowest BCUT2D eigenvalue weighted by Gasteiger charge is -2.19. The molecule has 2 aromatic heterocycles. The number of hydrogen-bond donors (Lipinski definition) is 6. The number of phosphoric ester groups is 1. The van der Waals surface area contributed by atoms with E-state index < -0.39 is 54.7 Å². The number of aromatic nitrogens is 4. The van der Waals surface area contributed by atoms with Gasteiger partial charge in [-0.1, -0.05) is 0 Å². The van der Waals surface area contributed by atoms with Crippen LogP contribution in [0.2, 0.25) is 0 Å². The lowest BCUT2D eigenvalue weighted by atomic mass is 10.1. The molecule has 0 bridgehead atoms. The van der Waals surface area contributed by atoms with E-state index in [1.807, 2.05) is 4.90 Å². The molecule has 202 valence electrons. The van der Waals surface area contributed by atoms with Gasteiger partial charge in [-0.05, 0) is 12.8 Å². The van der Waals surface area contributed by atoms with E-state index in [4.69, 9.17) is 20.3 Å². The third-order valence-corrected chi connectivity index (χ3v) is 9.04. The number of phosphoric acid groups is 3. The number of hydrogen-bond acceptors (Lipinski definition) is 13. The van der Waals surface area contributed by atoms with Crippen molar-refractivity contribution in [3.05, 3.63) is 6.33 Å². The predicted octanol–water partition coefficient (Wildman–Crippen LogP) is -0.0532. The fourth-order valence-corrected chi connectivity index (χ4v) is 6.55. The Labute approximate surface area is 201 Å². The summed E-state index contributed by atoms with van der Waals surface area (Å²) in [6.07, 6.45) is -4.06. The highest BCUT2D eigenvalue weighted by Crippen LogP contribution is 2.66. The Bertz CT molecular complexity index is 1290. The van der Waals surface area contributed by atoms with E-state index in [0.717, 1.165) is 17.4 Å². The summed E-state index contributed by atoms with van der Waals surface area (Å²) >= 11 is 0. The molecule has 0 spiro atoms. The summed E-state index contributed by atoms with van der Waals surface area (Å²) in [5.41, 5.74) is 6.20. The number of fused-ring (bicyclic) bond motifs is 1. The number of aliphatic hydroxyl groups is 1. The van der Waals surface area contributed by atoms with Gasteiger partial charge in [-0.2, -0.15) is 18.6 Å². The van der Waals surface area contributed by atoms with Gasteiger partial charge < -0.3 is 40.1 Å². The van der Waals surface area contributed by atoms with Crippen LogP contribution in [0.4, 0.5) is 16.2 Å². The number of nitrogens with zero attached hydrogens (tertiary/aromatic N) is 5. The number of nitrogens with two attached hydrogens (primary N) is 1. The summed E-state index contributed by atoms with van der Waals surface area (Å²) in [5.74, 6) is 0.293. The minimum atomic E-state index is -5.74. The number of anilines is 2. The average molecular weight is 578 g/mol. The van der Waals surface area contributed by atoms with Gasteiger partial charge in [0, 0.05) is 13.1 Å². The van der Waals surface area contributed by atoms with Gasteiger partial charge in [-0.25, -0.2) is 23.1 Å². The largest absolute Gasteiger partial charge is 0.490 e. The topological polar surface area (TPSA) is 262 Å². The molecule has 0 aromatic carbocycles. The molecule has 7 N–H and O–H groups in total. The molecule has 0 radical (unpaired) electrons. The molecule has 0 amide bonds. The van der Waals surface area contributed by atoms with Crippen LogP contribution < -0.4 is 10.6 Å². The van der Waals surface area contributed by atoms with Crippen LogP contribution in [0.3, 0.4) is 0 Å². The first-order chi connectivity index (χ1) is 16.6. The molecule has 22 heteroatoms. The Kier molecular flexibility index (Phi) is 7.33. The number of rotatable bonds is 10. The van der Waals surface area contributed by atoms with Gasteiger partial charge in [0.15, 0.2) is 29.4 Å². The van der Waals surface area contributed by atoms with Crippen LogP contribution in [-0.2, 0) is 31.6 Å². The molecule has 18 nitrogen and oxygen atoms in total. The first kappa shape index (κ1) is 27.4. The van der Waals surface area contributed by atoms with E-state index in [9.17, 15) is 33.0 Å². The van der Waals surface area contributed by atoms with Crippen molar-refractivity contribution in [2.45, 2.75) is 43.5 Å². The number of imidazole rings is 1. The van der Waals surface area contributed by atoms with Gasteiger partial charge in [0.25, 0.3) is 0 Å². The van der Waals surface area contributed by atoms with Crippen molar-refractivity contribution in [1.29, 1.82) is 0 Å². The van der Waals surface area contributed by atoms with Gasteiger partial charge in [0.1, 0.15) is 12.2 Å². The first-order valence-electron chi connectivity index (χ1n) is 10.1. The van der Waals surface area contributed by atoms with Crippen molar-refractivity contribution in [3.8, 4) is 0 Å². The third-order valence-electron chi connectivity index (χ3n) is 5.23. The maximum atomic E-state index is 15.0. The van der Waals surface area contributed by atoms with Crippen LogP contribution in [0, 0.1) is 0 Å². The first-order valence-corrected chi connectivity index (χ1v) is 14.6. The van der Waals surface area contributed by atoms with Crippen molar-refractivity contribution in [1.82, 2.24) is 19.5 Å². The summed E-state index contributed by atoms with van der Waals surface area (Å²) < 4.78 is 67.2. The molecule has 6 atom stereocenters. The zero-order valence-corrected chi connectivity index (χ0v) is 20.9. The van der Waals surface area contributed by atoms with E-state index in [1.165, 1.54) is 6.33 Å². The van der Waals surface area contributed by atoms with Crippen LogP contribution >= 0.6 is 23.5 Å². The van der Waals surface area contributed by atoms with E-state index in [2.05, 4.69) is 28.1 Å². The molecule has 36 heavy (non-hydrogen) atoms. The van der Waals surface area contributed by atoms with Gasteiger partial charge in [0.2, 0.25) is 5.95 Å². The highest BCUT2D eigenvalue weighted by atomic mass is 31.3. The summed E-state index contributed by atoms with van der Waals surface area (Å²) in [6.45, 7) is -1.04. The van der Waals surface area contributed by atoms with Gasteiger partial charge in [0.05, 0.1) is 12.9 Å². The molecular weight excluding hydrogens is 556 g/mol. The van der Waals surface area contributed by atoms with Crippen LogP contribution in [0.1, 0.15) is 19.1 Å². The zero-order chi connectivity index (χ0) is 26.6. The zero-order valence-electron chi connectivity index (χ0n) is 18.2. The van der Waals surface area contributed by atoms with Crippen LogP contribution in [-0.4, -0.2) is 82.3 Å². The number of nitrogen functional groups attached to an aromatic ring is 1. The number of alkyl halides is 1. The van der Waals surface area contributed by atoms with Crippen LogP contribution in [0.5, 0.6) is 0 Å². The number of aliphatic hydroxyl groups excluding tert-OH is 1. The molecule has 1 aliphatic heterocycles. The summed E-state index contributed by atoms with van der Waals surface area (Å²) in [7, 11) is -15.0. The molecule has 2 aliphatic rings. The van der Waals surface area contributed by atoms with E-state index in [-0.39, 0.29) is 17.6 Å². The highest BCUT2D eigenvalue weighted by molar-refractivity contribution is 7.66. The Morgan fingerprint density at radius 2 is 1.86 bits per heavy atom. The van der Waals surface area contributed by atoms with Gasteiger partial charge in [-0.3, -0.25) is 9.09 Å². The molecule has 2 aromatic rings. The molecule has 3 heterocycles. The second-order valence-electron chi connectivity index (χ2n) is 7.96. The Morgan fingerprint density at radius 1 is 1.19 bits per heavy atom. The monoisotopic (exact) mass is 578 g/mol. The van der Waals surface area contributed by atoms with Crippen molar-refractivity contribution in [2.24, 2.45) is 0 Å². The molecule has 2 unspecified atom stereocenters. The molecule has 1 aliphatic carbocycles. The second kappa shape index (κ2) is 9.62. The van der Waals surface area contributed by atoms with Gasteiger partial charge in [-0.15, -0.1) is 0 Å². The maximum Gasteiger partial charge on any atom is 0.490 e. The second-order valence-corrected chi connectivity index (χ2v) is 12.4. The van der Waals surface area contributed by atoms with Gasteiger partial charge >= 0.3 is 23.5 Å². The van der Waals surface area contributed by atoms with Crippen molar-refractivity contribution >= 4 is 46.4 Å². The molecule has 1 saturated heterocycles. The van der Waals surface area contributed by atoms with E-state index >= 15 is 0 Å². The normalized spacial score (nSPS) is 28.2. The Morgan fingerprint density at radius 3 is 2.47 bits per heavy atom. The lowest BCUT2D eigenvalue weighted by molar-refractivity contribution is -0.0450. The van der Waals surface area contributed by atoms with E-state index in [1.54, 1.807) is 7.05 Å². The number of ether oxygens (including phenoxy) is 1. The fourth-order valence-electron chi connectivity index (χ4n) is 3.52. The minimum absolute atomic E-state index is 0.0957. The van der Waals surface area contributed by atoms with Crippen molar-refractivity contribution in [2.75, 3.05) is 24.3 Å². The summed E-state index contributed by atoms with van der Waals surface area (Å²) in [6, 6.07) is 0.241. The Hall–Kier alpha value is -1.59. The molecule has 4 rings (SSSR count). The quantitative estimate of drug-likeness (QED) is 0.202. The Balaban J connectivity index is 1.49. The fraction of sp³-hybridized carbons (Fsp3) is 0.643. The SMILES string of the molecule is CN(c1nc(N)nc2c1ncn2[C@@H]1O[C@H](COP(=O)(O)OP(=O)(O)OP(=O)(O)O)[C@@H](O)[C@H]1F)C1CC1. The third kappa shape index (κ3) is 6.10. The lowest BCUT2D eigenvalue weighted by Crippen LogP contribution is -2.31.